The second kappa shape index (κ2) is 9.82. The van der Waals surface area contributed by atoms with Gasteiger partial charge < -0.3 is 9.64 Å². The van der Waals surface area contributed by atoms with E-state index in [4.69, 9.17) is 16.3 Å². The van der Waals surface area contributed by atoms with Crippen LogP contribution in [-0.2, 0) is 19.6 Å². The number of esters is 1. The van der Waals surface area contributed by atoms with Crippen LogP contribution < -0.4 is 0 Å². The molecule has 1 saturated heterocycles. The van der Waals surface area contributed by atoms with E-state index in [-0.39, 0.29) is 47.6 Å². The quantitative estimate of drug-likeness (QED) is 0.479. The molecule has 1 heterocycles. The Hall–Kier alpha value is -2.07. The molecule has 1 aliphatic heterocycles. The Bertz CT molecular complexity index is 1020. The Labute approximate surface area is 185 Å². The zero-order valence-electron chi connectivity index (χ0n) is 16.3. The number of carbonyl (C=O) groups is 2. The Balaban J connectivity index is 1.54. The number of ether oxygens (including phenoxy) is 1. The second-order valence-corrected chi connectivity index (χ2v) is 9.74. The van der Waals surface area contributed by atoms with Gasteiger partial charge in [-0.05, 0) is 36.6 Å². The van der Waals surface area contributed by atoms with Crippen molar-refractivity contribution in [2.75, 3.05) is 39.0 Å². The van der Waals surface area contributed by atoms with Gasteiger partial charge >= 0.3 is 5.97 Å². The number of hydrogen-bond acceptors (Lipinski definition) is 6. The summed E-state index contributed by atoms with van der Waals surface area (Å²) in [6.45, 7) is 0.386. The summed E-state index contributed by atoms with van der Waals surface area (Å²) in [6, 6.07) is 13.2. The Kier molecular flexibility index (Phi) is 7.41. The van der Waals surface area contributed by atoms with Gasteiger partial charge in [0, 0.05) is 31.1 Å². The van der Waals surface area contributed by atoms with Crippen LogP contribution in [0.2, 0.25) is 5.02 Å². The van der Waals surface area contributed by atoms with Gasteiger partial charge in [0.05, 0.1) is 15.5 Å². The minimum absolute atomic E-state index is 0.179. The second-order valence-electron chi connectivity index (χ2n) is 6.52. The zero-order valence-corrected chi connectivity index (χ0v) is 18.7. The third-order valence-electron chi connectivity index (χ3n) is 4.69. The van der Waals surface area contributed by atoms with Crippen LogP contribution in [0.1, 0.15) is 10.4 Å². The number of piperazine rings is 1. The van der Waals surface area contributed by atoms with Crippen LogP contribution in [0.25, 0.3) is 0 Å². The molecule has 10 heteroatoms. The van der Waals surface area contributed by atoms with Crippen molar-refractivity contribution in [1.29, 1.82) is 0 Å². The van der Waals surface area contributed by atoms with Crippen molar-refractivity contribution in [3.05, 3.63) is 59.1 Å². The van der Waals surface area contributed by atoms with Crippen molar-refractivity contribution >= 4 is 45.3 Å². The van der Waals surface area contributed by atoms with Gasteiger partial charge in [0.2, 0.25) is 10.0 Å². The maximum atomic E-state index is 12.7. The molecule has 0 spiro atoms. The van der Waals surface area contributed by atoms with E-state index in [1.807, 2.05) is 6.26 Å². The van der Waals surface area contributed by atoms with Gasteiger partial charge in [0.1, 0.15) is 0 Å². The highest BCUT2D eigenvalue weighted by molar-refractivity contribution is 7.98. The van der Waals surface area contributed by atoms with E-state index in [2.05, 4.69) is 0 Å². The number of benzene rings is 2. The number of halogens is 1. The number of rotatable bonds is 6. The number of thioether (sulfide) groups is 1. The van der Waals surface area contributed by atoms with Gasteiger partial charge in [0.25, 0.3) is 5.91 Å². The van der Waals surface area contributed by atoms with E-state index in [1.165, 1.54) is 21.0 Å². The van der Waals surface area contributed by atoms with Crippen molar-refractivity contribution in [2.45, 2.75) is 9.79 Å². The van der Waals surface area contributed by atoms with Gasteiger partial charge in [-0.1, -0.05) is 29.8 Å². The molecule has 0 unspecified atom stereocenters. The minimum Gasteiger partial charge on any atom is -0.452 e. The molecule has 0 atom stereocenters. The van der Waals surface area contributed by atoms with Gasteiger partial charge in [-0.15, -0.1) is 11.8 Å². The van der Waals surface area contributed by atoms with Crippen molar-refractivity contribution in [3.63, 3.8) is 0 Å². The Morgan fingerprint density at radius 3 is 2.37 bits per heavy atom. The normalized spacial score (nSPS) is 15.1. The summed E-state index contributed by atoms with van der Waals surface area (Å²) in [5.74, 6) is -1.05. The fraction of sp³-hybridized carbons (Fsp3) is 0.300. The summed E-state index contributed by atoms with van der Waals surface area (Å²) in [6.07, 6.45) is 1.87. The lowest BCUT2D eigenvalue weighted by molar-refractivity contribution is -0.135. The summed E-state index contributed by atoms with van der Waals surface area (Å²) < 4.78 is 31.8. The topological polar surface area (TPSA) is 84.0 Å². The molecule has 0 aromatic heterocycles. The average molecular weight is 469 g/mol. The lowest BCUT2D eigenvalue weighted by Gasteiger charge is -2.33. The lowest BCUT2D eigenvalue weighted by atomic mass is 10.2. The number of nitrogens with zero attached hydrogens (tertiary/aromatic N) is 2. The molecule has 2 aromatic rings. The summed E-state index contributed by atoms with van der Waals surface area (Å²) in [7, 11) is -3.59. The van der Waals surface area contributed by atoms with Crippen LogP contribution in [0, 0.1) is 0 Å². The van der Waals surface area contributed by atoms with Crippen molar-refractivity contribution in [3.8, 4) is 0 Å². The van der Waals surface area contributed by atoms with E-state index < -0.39 is 22.6 Å². The monoisotopic (exact) mass is 468 g/mol. The van der Waals surface area contributed by atoms with Crippen LogP contribution in [0.4, 0.5) is 0 Å². The van der Waals surface area contributed by atoms with Gasteiger partial charge in [-0.25, -0.2) is 13.2 Å². The fourth-order valence-electron chi connectivity index (χ4n) is 3.00. The standard InChI is InChI=1S/C20H21ClN2O5S2/c1-29-15-7-8-18(21)17(13-15)20(25)28-14-19(24)22-9-11-23(12-10-22)30(26,27)16-5-3-2-4-6-16/h2-8,13H,9-12,14H2,1H3. The molecule has 1 amide bonds. The molecule has 30 heavy (non-hydrogen) atoms. The number of carbonyl (C=O) groups excluding carboxylic acids is 2. The highest BCUT2D eigenvalue weighted by Gasteiger charge is 2.30. The summed E-state index contributed by atoms with van der Waals surface area (Å²) in [5.41, 5.74) is 0.204. The SMILES string of the molecule is CSc1ccc(Cl)c(C(=O)OCC(=O)N2CCN(S(=O)(=O)c3ccccc3)CC2)c1. The molecule has 7 nitrogen and oxygen atoms in total. The van der Waals surface area contributed by atoms with Crippen LogP contribution >= 0.6 is 23.4 Å². The van der Waals surface area contributed by atoms with Crippen LogP contribution in [0.3, 0.4) is 0 Å². The zero-order chi connectivity index (χ0) is 21.7. The summed E-state index contributed by atoms with van der Waals surface area (Å²) in [4.78, 5) is 27.3. The van der Waals surface area contributed by atoms with Crippen LogP contribution in [-0.4, -0.2) is 68.5 Å². The molecular weight excluding hydrogens is 448 g/mol. The Morgan fingerprint density at radius 2 is 1.73 bits per heavy atom. The first-order valence-corrected chi connectivity index (χ1v) is 12.2. The molecular formula is C20H21ClN2O5S2. The maximum absolute atomic E-state index is 12.7. The van der Waals surface area contributed by atoms with E-state index >= 15 is 0 Å². The molecule has 0 aliphatic carbocycles. The predicted octanol–water partition coefficient (Wildman–Crippen LogP) is 2.75. The molecule has 3 rings (SSSR count). The fourth-order valence-corrected chi connectivity index (χ4v) is 5.08. The average Bonchev–Trinajstić information content (AvgIpc) is 2.78. The van der Waals surface area contributed by atoms with Crippen molar-refractivity contribution in [2.24, 2.45) is 0 Å². The third kappa shape index (κ3) is 5.15. The highest BCUT2D eigenvalue weighted by Crippen LogP contribution is 2.24. The minimum atomic E-state index is -3.59. The van der Waals surface area contributed by atoms with Gasteiger partial charge in [-0.2, -0.15) is 4.31 Å². The Morgan fingerprint density at radius 1 is 1.07 bits per heavy atom. The molecule has 0 N–H and O–H groups in total. The molecule has 1 aliphatic rings. The van der Waals surface area contributed by atoms with Crippen LogP contribution in [0.15, 0.2) is 58.3 Å². The first kappa shape index (κ1) is 22.6. The van der Waals surface area contributed by atoms with E-state index in [9.17, 15) is 18.0 Å². The molecule has 0 saturated carbocycles. The summed E-state index contributed by atoms with van der Waals surface area (Å²) in [5, 5.41) is 0.255. The molecule has 2 aromatic carbocycles. The van der Waals surface area contributed by atoms with Crippen molar-refractivity contribution < 1.29 is 22.7 Å². The van der Waals surface area contributed by atoms with E-state index in [0.29, 0.717) is 0 Å². The predicted molar refractivity (Wildman–Crippen MR) is 115 cm³/mol. The van der Waals surface area contributed by atoms with Crippen molar-refractivity contribution in [1.82, 2.24) is 9.21 Å². The number of amides is 1. The first-order chi connectivity index (χ1) is 14.3. The smallest absolute Gasteiger partial charge is 0.340 e. The lowest BCUT2D eigenvalue weighted by Crippen LogP contribution is -2.51. The first-order valence-electron chi connectivity index (χ1n) is 9.16. The van der Waals surface area contributed by atoms with E-state index in [0.717, 1.165) is 4.90 Å². The largest absolute Gasteiger partial charge is 0.452 e. The number of hydrogen-bond donors (Lipinski definition) is 0. The van der Waals surface area contributed by atoms with Gasteiger partial charge in [-0.3, -0.25) is 4.79 Å². The summed E-state index contributed by atoms with van der Waals surface area (Å²) >= 11 is 7.51. The number of sulfonamides is 1. The molecule has 160 valence electrons. The molecule has 0 bridgehead atoms. The van der Waals surface area contributed by atoms with Crippen LogP contribution in [0.5, 0.6) is 0 Å². The van der Waals surface area contributed by atoms with E-state index in [1.54, 1.807) is 48.5 Å². The highest BCUT2D eigenvalue weighted by atomic mass is 35.5. The van der Waals surface area contributed by atoms with Gasteiger partial charge in [0.15, 0.2) is 6.61 Å². The molecule has 0 radical (unpaired) electrons. The third-order valence-corrected chi connectivity index (χ3v) is 7.66. The molecule has 1 fully saturated rings. The maximum Gasteiger partial charge on any atom is 0.340 e.